The van der Waals surface area contributed by atoms with E-state index in [1.807, 2.05) is 11.3 Å². The number of rotatable bonds is 2. The summed E-state index contributed by atoms with van der Waals surface area (Å²) in [4.78, 5) is 0. The summed E-state index contributed by atoms with van der Waals surface area (Å²) in [5.41, 5.74) is 1.44. The number of hydrogen-bond donors (Lipinski definition) is 0. The van der Waals surface area contributed by atoms with Crippen LogP contribution in [-0.2, 0) is 11.2 Å². The van der Waals surface area contributed by atoms with Crippen LogP contribution in [0.4, 0.5) is 0 Å². The van der Waals surface area contributed by atoms with E-state index in [9.17, 15) is 0 Å². The Bertz CT molecular complexity index is 694. The molecule has 4 rings (SSSR count). The average molecular weight is 240 g/mol. The van der Waals surface area contributed by atoms with Crippen molar-refractivity contribution in [1.29, 1.82) is 0 Å². The third kappa shape index (κ3) is 1.56. The maximum Gasteiger partial charge on any atom is 0.0850 e. The van der Waals surface area contributed by atoms with Gasteiger partial charge in [-0.1, -0.05) is 36.4 Å². The van der Waals surface area contributed by atoms with Crippen molar-refractivity contribution in [3.63, 3.8) is 0 Å². The van der Waals surface area contributed by atoms with Gasteiger partial charge in [-0.05, 0) is 11.6 Å². The zero-order chi connectivity index (χ0) is 11.2. The molecule has 0 radical (unpaired) electrons. The van der Waals surface area contributed by atoms with E-state index in [0.717, 1.165) is 13.0 Å². The van der Waals surface area contributed by atoms with Crippen LogP contribution in [0.3, 0.4) is 0 Å². The topological polar surface area (TPSA) is 12.5 Å². The largest absolute Gasteiger partial charge is 0.373 e. The fourth-order valence-corrected chi connectivity index (χ4v) is 3.62. The Morgan fingerprint density at radius 3 is 2.76 bits per heavy atom. The number of benzene rings is 2. The maximum absolute atomic E-state index is 5.34. The van der Waals surface area contributed by atoms with Crippen LogP contribution in [0.2, 0.25) is 0 Å². The van der Waals surface area contributed by atoms with E-state index in [1.165, 1.54) is 25.7 Å². The van der Waals surface area contributed by atoms with Gasteiger partial charge in [0, 0.05) is 26.6 Å². The second kappa shape index (κ2) is 3.56. The molecule has 1 aliphatic rings. The first-order valence-electron chi connectivity index (χ1n) is 5.92. The van der Waals surface area contributed by atoms with Gasteiger partial charge < -0.3 is 4.74 Å². The minimum Gasteiger partial charge on any atom is -0.373 e. The van der Waals surface area contributed by atoms with Gasteiger partial charge in [0.2, 0.25) is 0 Å². The van der Waals surface area contributed by atoms with Gasteiger partial charge in [0.25, 0.3) is 0 Å². The van der Waals surface area contributed by atoms with Gasteiger partial charge in [-0.25, -0.2) is 0 Å². The first kappa shape index (κ1) is 9.63. The van der Waals surface area contributed by atoms with Crippen LogP contribution in [0.25, 0.3) is 20.2 Å². The van der Waals surface area contributed by atoms with Crippen LogP contribution in [0, 0.1) is 0 Å². The monoisotopic (exact) mass is 240 g/mol. The molecule has 2 heteroatoms. The van der Waals surface area contributed by atoms with Crippen molar-refractivity contribution in [2.45, 2.75) is 12.5 Å². The van der Waals surface area contributed by atoms with Gasteiger partial charge in [-0.2, -0.15) is 0 Å². The summed E-state index contributed by atoms with van der Waals surface area (Å²) in [5, 5.41) is 2.77. The summed E-state index contributed by atoms with van der Waals surface area (Å²) in [6.07, 6.45) is 1.52. The maximum atomic E-state index is 5.34. The number of thiophene rings is 1. The van der Waals surface area contributed by atoms with Gasteiger partial charge in [0.15, 0.2) is 0 Å². The zero-order valence-electron chi connectivity index (χ0n) is 9.35. The third-order valence-corrected chi connectivity index (χ3v) is 4.60. The Hall–Kier alpha value is -1.38. The Kier molecular flexibility index (Phi) is 2.01. The van der Waals surface area contributed by atoms with Crippen LogP contribution in [0.1, 0.15) is 5.56 Å². The molecule has 0 aliphatic carbocycles. The van der Waals surface area contributed by atoms with E-state index in [0.29, 0.717) is 6.10 Å². The second-order valence-electron chi connectivity index (χ2n) is 4.55. The van der Waals surface area contributed by atoms with Crippen molar-refractivity contribution in [3.8, 4) is 0 Å². The lowest BCUT2D eigenvalue weighted by Gasteiger charge is -1.99. The first-order chi connectivity index (χ1) is 8.42. The van der Waals surface area contributed by atoms with E-state index >= 15 is 0 Å². The molecule has 2 aromatic carbocycles. The highest BCUT2D eigenvalue weighted by Gasteiger charge is 2.23. The van der Waals surface area contributed by atoms with Crippen molar-refractivity contribution < 1.29 is 4.74 Å². The van der Waals surface area contributed by atoms with E-state index in [1.54, 1.807) is 0 Å². The molecule has 3 aromatic rings. The number of hydrogen-bond acceptors (Lipinski definition) is 2. The smallest absolute Gasteiger partial charge is 0.0850 e. The summed E-state index contributed by atoms with van der Waals surface area (Å²) >= 11 is 1.90. The lowest BCUT2D eigenvalue weighted by Crippen LogP contribution is -1.92. The number of ether oxygens (including phenoxy) is 1. The Balaban J connectivity index is 2.01. The molecular weight excluding hydrogens is 228 g/mol. The third-order valence-electron chi connectivity index (χ3n) is 3.34. The molecule has 1 unspecified atom stereocenters. The standard InChI is InChI=1S/C15H12OS/c1-2-7-14-12(5-1)13-6-3-4-10(15(13)17-14)8-11-9-16-11/h1-7,11H,8-9H2. The molecule has 1 saturated heterocycles. The fourth-order valence-electron chi connectivity index (χ4n) is 2.40. The van der Waals surface area contributed by atoms with E-state index < -0.39 is 0 Å². The summed E-state index contributed by atoms with van der Waals surface area (Å²) in [6.45, 7) is 0.932. The predicted octanol–water partition coefficient (Wildman–Crippen LogP) is 4.00. The Labute approximate surface area is 104 Å². The first-order valence-corrected chi connectivity index (χ1v) is 6.74. The minimum atomic E-state index is 0.464. The van der Waals surface area contributed by atoms with Crippen LogP contribution in [-0.4, -0.2) is 12.7 Å². The molecule has 0 N–H and O–H groups in total. The number of epoxide rings is 1. The molecule has 2 heterocycles. The normalized spacial score (nSPS) is 18.9. The Morgan fingerprint density at radius 2 is 1.88 bits per heavy atom. The second-order valence-corrected chi connectivity index (χ2v) is 5.60. The molecular formula is C15H12OS. The van der Waals surface area contributed by atoms with Crippen molar-refractivity contribution in [2.24, 2.45) is 0 Å². The van der Waals surface area contributed by atoms with Gasteiger partial charge in [0.05, 0.1) is 12.7 Å². The average Bonchev–Trinajstić information content (AvgIpc) is 3.08. The zero-order valence-corrected chi connectivity index (χ0v) is 10.2. The van der Waals surface area contributed by atoms with Crippen LogP contribution >= 0.6 is 11.3 Å². The molecule has 1 atom stereocenters. The summed E-state index contributed by atoms with van der Waals surface area (Å²) < 4.78 is 8.16. The van der Waals surface area contributed by atoms with Crippen LogP contribution in [0.15, 0.2) is 42.5 Å². The summed E-state index contributed by atoms with van der Waals surface area (Å²) in [5.74, 6) is 0. The minimum absolute atomic E-state index is 0.464. The SMILES string of the molecule is c1ccc2c(c1)sc1c(CC3CO3)cccc12. The van der Waals surface area contributed by atoms with Crippen LogP contribution < -0.4 is 0 Å². The van der Waals surface area contributed by atoms with Gasteiger partial charge in [-0.3, -0.25) is 0 Å². The quantitative estimate of drug-likeness (QED) is 0.617. The molecule has 0 bridgehead atoms. The van der Waals surface area contributed by atoms with Crippen molar-refractivity contribution in [1.82, 2.24) is 0 Å². The molecule has 1 nitrogen and oxygen atoms in total. The summed E-state index contributed by atoms with van der Waals surface area (Å²) in [6, 6.07) is 15.3. The Morgan fingerprint density at radius 1 is 1.06 bits per heavy atom. The number of fused-ring (bicyclic) bond motifs is 3. The highest BCUT2D eigenvalue weighted by atomic mass is 32.1. The molecule has 1 aliphatic heterocycles. The molecule has 0 amide bonds. The van der Waals surface area contributed by atoms with Gasteiger partial charge in [-0.15, -0.1) is 11.3 Å². The molecule has 1 fully saturated rings. The predicted molar refractivity (Wildman–Crippen MR) is 72.8 cm³/mol. The molecule has 17 heavy (non-hydrogen) atoms. The highest BCUT2D eigenvalue weighted by Crippen LogP contribution is 2.36. The van der Waals surface area contributed by atoms with Gasteiger partial charge >= 0.3 is 0 Å². The van der Waals surface area contributed by atoms with E-state index in [-0.39, 0.29) is 0 Å². The lowest BCUT2D eigenvalue weighted by molar-refractivity contribution is 0.408. The van der Waals surface area contributed by atoms with Crippen molar-refractivity contribution in [3.05, 3.63) is 48.0 Å². The van der Waals surface area contributed by atoms with E-state index in [4.69, 9.17) is 4.74 Å². The van der Waals surface area contributed by atoms with Gasteiger partial charge in [0.1, 0.15) is 0 Å². The molecule has 1 aromatic heterocycles. The fraction of sp³-hybridized carbons (Fsp3) is 0.200. The van der Waals surface area contributed by atoms with Crippen molar-refractivity contribution in [2.75, 3.05) is 6.61 Å². The molecule has 0 saturated carbocycles. The summed E-state index contributed by atoms with van der Waals surface area (Å²) in [7, 11) is 0. The molecule has 84 valence electrons. The lowest BCUT2D eigenvalue weighted by atomic mass is 10.1. The van der Waals surface area contributed by atoms with Crippen molar-refractivity contribution >= 4 is 31.5 Å². The molecule has 0 spiro atoms. The highest BCUT2D eigenvalue weighted by molar-refractivity contribution is 7.26. The van der Waals surface area contributed by atoms with E-state index in [2.05, 4.69) is 42.5 Å². The van der Waals surface area contributed by atoms with Crippen LogP contribution in [0.5, 0.6) is 0 Å².